The predicted octanol–water partition coefficient (Wildman–Crippen LogP) is 2.82. The fraction of sp³-hybridized carbons (Fsp3) is 0.235. The van der Waals surface area contributed by atoms with Gasteiger partial charge in [0.1, 0.15) is 6.10 Å². The summed E-state index contributed by atoms with van der Waals surface area (Å²) in [5, 5.41) is 16.0. The Morgan fingerprint density at radius 2 is 2.08 bits per heavy atom. The van der Waals surface area contributed by atoms with E-state index in [2.05, 4.69) is 10.1 Å². The lowest BCUT2D eigenvalue weighted by molar-refractivity contribution is 0.0594. The van der Waals surface area contributed by atoms with Gasteiger partial charge in [0, 0.05) is 18.3 Å². The highest BCUT2D eigenvalue weighted by Crippen LogP contribution is 2.21. The van der Waals surface area contributed by atoms with E-state index in [9.17, 15) is 9.90 Å². The van der Waals surface area contributed by atoms with Gasteiger partial charge in [-0.3, -0.25) is 4.79 Å². The second-order valence-electron chi connectivity index (χ2n) is 5.34. The molecule has 7 heteroatoms. The molecule has 0 bridgehead atoms. The summed E-state index contributed by atoms with van der Waals surface area (Å²) in [5.41, 5.74) is 0.962. The van der Waals surface area contributed by atoms with Crippen molar-refractivity contribution in [2.24, 2.45) is 0 Å². The number of benzene rings is 1. The van der Waals surface area contributed by atoms with Crippen molar-refractivity contribution in [3.63, 3.8) is 0 Å². The highest BCUT2D eigenvalue weighted by atomic mass is 32.1. The van der Waals surface area contributed by atoms with Crippen LogP contribution >= 0.6 is 11.3 Å². The number of carbonyl (C=O) groups excluding carboxylic acids is 1. The molecule has 1 aromatic carbocycles. The molecule has 0 saturated heterocycles. The molecule has 24 heavy (non-hydrogen) atoms. The number of nitrogens with zero attached hydrogens (tertiary/aromatic N) is 3. The SMILES string of the molecule is Cc1nc(C(=O)N(Cc2ccccc2)CC(O)c2cccs2)no1. The minimum atomic E-state index is -0.759. The normalized spacial score (nSPS) is 12.1. The number of hydrogen-bond acceptors (Lipinski definition) is 6. The van der Waals surface area contributed by atoms with Gasteiger partial charge < -0.3 is 14.5 Å². The lowest BCUT2D eigenvalue weighted by atomic mass is 10.2. The number of thiophene rings is 1. The number of aryl methyl sites for hydroxylation is 1. The Morgan fingerprint density at radius 3 is 2.71 bits per heavy atom. The summed E-state index contributed by atoms with van der Waals surface area (Å²) in [6, 6.07) is 13.3. The van der Waals surface area contributed by atoms with Gasteiger partial charge in [0.05, 0.1) is 6.54 Å². The third-order valence-corrected chi connectivity index (χ3v) is 4.46. The Hall–Kier alpha value is -2.51. The Morgan fingerprint density at radius 1 is 1.29 bits per heavy atom. The van der Waals surface area contributed by atoms with E-state index in [0.29, 0.717) is 12.4 Å². The van der Waals surface area contributed by atoms with Gasteiger partial charge in [0.2, 0.25) is 5.89 Å². The van der Waals surface area contributed by atoms with Crippen molar-refractivity contribution in [1.82, 2.24) is 15.0 Å². The minimum absolute atomic E-state index is 0.00168. The van der Waals surface area contributed by atoms with Crippen LogP contribution in [0.5, 0.6) is 0 Å². The minimum Gasteiger partial charge on any atom is -0.386 e. The maximum atomic E-state index is 12.7. The highest BCUT2D eigenvalue weighted by Gasteiger charge is 2.24. The van der Waals surface area contributed by atoms with Crippen molar-refractivity contribution < 1.29 is 14.4 Å². The number of aromatic nitrogens is 2. The van der Waals surface area contributed by atoms with E-state index in [1.165, 1.54) is 16.2 Å². The van der Waals surface area contributed by atoms with Gasteiger partial charge in [-0.15, -0.1) is 11.3 Å². The molecule has 2 aromatic heterocycles. The van der Waals surface area contributed by atoms with E-state index in [4.69, 9.17) is 4.52 Å². The molecule has 6 nitrogen and oxygen atoms in total. The molecule has 1 atom stereocenters. The van der Waals surface area contributed by atoms with Crippen LogP contribution in [-0.4, -0.2) is 32.6 Å². The van der Waals surface area contributed by atoms with Crippen LogP contribution < -0.4 is 0 Å². The lowest BCUT2D eigenvalue weighted by Gasteiger charge is -2.24. The fourth-order valence-electron chi connectivity index (χ4n) is 2.33. The van der Waals surface area contributed by atoms with Gasteiger partial charge in [0.15, 0.2) is 0 Å². The van der Waals surface area contributed by atoms with Gasteiger partial charge >= 0.3 is 0 Å². The Balaban J connectivity index is 1.81. The molecular formula is C17H17N3O3S. The molecule has 1 amide bonds. The molecule has 0 aliphatic heterocycles. The molecule has 1 N–H and O–H groups in total. The monoisotopic (exact) mass is 343 g/mol. The van der Waals surface area contributed by atoms with Crippen LogP contribution in [0.2, 0.25) is 0 Å². The Bertz CT molecular complexity index is 787. The molecule has 0 saturated carbocycles. The zero-order valence-corrected chi connectivity index (χ0v) is 13.9. The van der Waals surface area contributed by atoms with Crippen LogP contribution in [0, 0.1) is 6.92 Å². The van der Waals surface area contributed by atoms with Crippen LogP contribution in [0.3, 0.4) is 0 Å². The number of carbonyl (C=O) groups is 1. The van der Waals surface area contributed by atoms with Crippen molar-refractivity contribution in [1.29, 1.82) is 0 Å². The molecule has 2 heterocycles. The number of amides is 1. The average molecular weight is 343 g/mol. The van der Waals surface area contributed by atoms with Gasteiger partial charge in [-0.25, -0.2) is 0 Å². The van der Waals surface area contributed by atoms with Gasteiger partial charge in [-0.05, 0) is 17.0 Å². The quantitative estimate of drug-likeness (QED) is 0.744. The molecule has 0 radical (unpaired) electrons. The van der Waals surface area contributed by atoms with Crippen molar-refractivity contribution in [2.75, 3.05) is 6.54 Å². The molecule has 124 valence electrons. The maximum Gasteiger partial charge on any atom is 0.295 e. The average Bonchev–Trinajstić information content (AvgIpc) is 3.26. The zero-order chi connectivity index (χ0) is 16.9. The van der Waals surface area contributed by atoms with Crippen molar-refractivity contribution >= 4 is 17.2 Å². The number of rotatable bonds is 6. The second-order valence-corrected chi connectivity index (χ2v) is 6.32. The lowest BCUT2D eigenvalue weighted by Crippen LogP contribution is -2.34. The summed E-state index contributed by atoms with van der Waals surface area (Å²) in [7, 11) is 0. The summed E-state index contributed by atoms with van der Waals surface area (Å²) < 4.78 is 4.89. The molecule has 3 rings (SSSR count). The molecule has 1 unspecified atom stereocenters. The highest BCUT2D eigenvalue weighted by molar-refractivity contribution is 7.10. The van der Waals surface area contributed by atoms with Crippen molar-refractivity contribution in [3.05, 3.63) is 70.0 Å². The van der Waals surface area contributed by atoms with E-state index >= 15 is 0 Å². The van der Waals surface area contributed by atoms with Crippen molar-refractivity contribution in [3.8, 4) is 0 Å². The molecule has 0 aliphatic carbocycles. The molecular weight excluding hydrogens is 326 g/mol. The summed E-state index contributed by atoms with van der Waals surface area (Å²) in [6.07, 6.45) is -0.759. The van der Waals surface area contributed by atoms with E-state index in [-0.39, 0.29) is 18.3 Å². The van der Waals surface area contributed by atoms with E-state index in [1.54, 1.807) is 6.92 Å². The van der Waals surface area contributed by atoms with Gasteiger partial charge in [-0.1, -0.05) is 41.6 Å². The number of aliphatic hydroxyl groups excluding tert-OH is 1. The van der Waals surface area contributed by atoms with Crippen LogP contribution in [0.25, 0.3) is 0 Å². The first-order chi connectivity index (χ1) is 11.6. The van der Waals surface area contributed by atoms with Crippen molar-refractivity contribution in [2.45, 2.75) is 19.6 Å². The zero-order valence-electron chi connectivity index (χ0n) is 13.1. The molecule has 0 fully saturated rings. The predicted molar refractivity (Wildman–Crippen MR) is 89.5 cm³/mol. The summed E-state index contributed by atoms with van der Waals surface area (Å²) in [6.45, 7) is 2.14. The molecule has 0 spiro atoms. The first kappa shape index (κ1) is 16.4. The van der Waals surface area contributed by atoms with Gasteiger partial charge in [0.25, 0.3) is 11.7 Å². The Labute approximate surface area is 143 Å². The fourth-order valence-corrected chi connectivity index (χ4v) is 3.03. The van der Waals surface area contributed by atoms with Crippen LogP contribution in [0.15, 0.2) is 52.4 Å². The maximum absolute atomic E-state index is 12.7. The third-order valence-electron chi connectivity index (χ3n) is 3.49. The first-order valence-electron chi connectivity index (χ1n) is 7.48. The summed E-state index contributed by atoms with van der Waals surface area (Å²) >= 11 is 1.45. The second kappa shape index (κ2) is 7.37. The van der Waals surface area contributed by atoms with Gasteiger partial charge in [-0.2, -0.15) is 4.98 Å². The standard InChI is InChI=1S/C17H17N3O3S/c1-12-18-16(19-23-12)17(22)20(10-13-6-3-2-4-7-13)11-14(21)15-8-5-9-24-15/h2-9,14,21H,10-11H2,1H3. The Kier molecular flexibility index (Phi) is 5.02. The van der Waals surface area contributed by atoms with E-state index in [1.807, 2.05) is 47.8 Å². The summed E-state index contributed by atoms with van der Waals surface area (Å²) in [5.74, 6) is -0.0371. The molecule has 3 aromatic rings. The number of aliphatic hydroxyl groups is 1. The first-order valence-corrected chi connectivity index (χ1v) is 8.36. The largest absolute Gasteiger partial charge is 0.386 e. The van der Waals surface area contributed by atoms with Crippen LogP contribution in [-0.2, 0) is 6.54 Å². The summed E-state index contributed by atoms with van der Waals surface area (Å²) in [4.78, 5) is 19.0. The van der Waals surface area contributed by atoms with E-state index in [0.717, 1.165) is 10.4 Å². The van der Waals surface area contributed by atoms with Crippen LogP contribution in [0.1, 0.15) is 33.1 Å². The smallest absolute Gasteiger partial charge is 0.295 e. The van der Waals surface area contributed by atoms with Crippen LogP contribution in [0.4, 0.5) is 0 Å². The number of hydrogen-bond donors (Lipinski definition) is 1. The third kappa shape index (κ3) is 3.87. The topological polar surface area (TPSA) is 79.5 Å². The molecule has 0 aliphatic rings. The van der Waals surface area contributed by atoms with E-state index < -0.39 is 6.10 Å².